The van der Waals surface area contributed by atoms with Crippen molar-refractivity contribution in [3.05, 3.63) is 58.1 Å². The maximum Gasteiger partial charge on any atom is 0.255 e. The zero-order valence-electron chi connectivity index (χ0n) is 10.8. The number of benzene rings is 2. The third kappa shape index (κ3) is 3.16. The van der Waals surface area contributed by atoms with Crippen LogP contribution in [0.15, 0.2) is 46.9 Å². The van der Waals surface area contributed by atoms with Crippen LogP contribution < -0.4 is 10.6 Å². The fourth-order valence-electron chi connectivity index (χ4n) is 1.70. The number of carbonyl (C=O) groups excluding carboxylic acids is 1. The molecule has 2 aromatic carbocycles. The SMILES string of the molecule is CNc1ccc(C(=O)Nc2cc(Br)ccc2C#N)cc1. The van der Waals surface area contributed by atoms with Crippen LogP contribution in [0, 0.1) is 11.3 Å². The van der Waals surface area contributed by atoms with Crippen molar-refractivity contribution >= 4 is 33.2 Å². The Balaban J connectivity index is 2.23. The average molecular weight is 330 g/mol. The van der Waals surface area contributed by atoms with Crippen LogP contribution in [-0.2, 0) is 0 Å². The monoisotopic (exact) mass is 329 g/mol. The number of rotatable bonds is 3. The van der Waals surface area contributed by atoms with Gasteiger partial charge in [0.2, 0.25) is 0 Å². The fourth-order valence-corrected chi connectivity index (χ4v) is 2.06. The van der Waals surface area contributed by atoms with Gasteiger partial charge in [-0.15, -0.1) is 0 Å². The molecule has 0 fully saturated rings. The summed E-state index contributed by atoms with van der Waals surface area (Å²) in [6, 6.07) is 14.3. The molecule has 2 rings (SSSR count). The molecule has 0 aliphatic carbocycles. The summed E-state index contributed by atoms with van der Waals surface area (Å²) in [6.07, 6.45) is 0. The third-order valence-corrected chi connectivity index (χ3v) is 3.28. The minimum atomic E-state index is -0.248. The van der Waals surface area contributed by atoms with E-state index in [2.05, 4.69) is 32.6 Å². The highest BCUT2D eigenvalue weighted by Gasteiger charge is 2.09. The molecule has 2 aromatic rings. The quantitative estimate of drug-likeness (QED) is 0.903. The van der Waals surface area contributed by atoms with Gasteiger partial charge >= 0.3 is 0 Å². The lowest BCUT2D eigenvalue weighted by Crippen LogP contribution is -2.12. The molecule has 2 N–H and O–H groups in total. The molecule has 0 unspecified atom stereocenters. The highest BCUT2D eigenvalue weighted by molar-refractivity contribution is 9.10. The van der Waals surface area contributed by atoms with E-state index in [1.807, 2.05) is 19.2 Å². The molecule has 100 valence electrons. The summed E-state index contributed by atoms with van der Waals surface area (Å²) in [6.45, 7) is 0. The highest BCUT2D eigenvalue weighted by Crippen LogP contribution is 2.21. The van der Waals surface area contributed by atoms with Gasteiger partial charge in [-0.05, 0) is 42.5 Å². The first-order chi connectivity index (χ1) is 9.63. The van der Waals surface area contributed by atoms with Crippen LogP contribution in [0.5, 0.6) is 0 Å². The van der Waals surface area contributed by atoms with E-state index >= 15 is 0 Å². The molecule has 0 aliphatic rings. The summed E-state index contributed by atoms with van der Waals surface area (Å²) in [5.74, 6) is -0.248. The molecule has 0 saturated carbocycles. The van der Waals surface area contributed by atoms with Gasteiger partial charge in [0.05, 0.1) is 11.3 Å². The standard InChI is InChI=1S/C15H12BrN3O/c1-18-13-6-3-10(4-7-13)15(20)19-14-8-12(16)5-2-11(14)9-17/h2-8,18H,1H3,(H,19,20). The Morgan fingerprint density at radius 2 is 1.90 bits per heavy atom. The largest absolute Gasteiger partial charge is 0.388 e. The lowest BCUT2D eigenvalue weighted by molar-refractivity contribution is 0.102. The molecular weight excluding hydrogens is 318 g/mol. The maximum absolute atomic E-state index is 12.1. The summed E-state index contributed by atoms with van der Waals surface area (Å²) in [4.78, 5) is 12.1. The molecule has 0 saturated heterocycles. The normalized spacial score (nSPS) is 9.65. The molecule has 0 spiro atoms. The van der Waals surface area contributed by atoms with Gasteiger partial charge in [0, 0.05) is 22.8 Å². The van der Waals surface area contributed by atoms with Crippen molar-refractivity contribution in [1.29, 1.82) is 5.26 Å². The van der Waals surface area contributed by atoms with E-state index in [0.29, 0.717) is 16.8 Å². The summed E-state index contributed by atoms with van der Waals surface area (Å²) in [7, 11) is 1.82. The van der Waals surface area contributed by atoms with E-state index in [-0.39, 0.29) is 5.91 Å². The predicted octanol–water partition coefficient (Wildman–Crippen LogP) is 3.61. The number of amides is 1. The second-order valence-electron chi connectivity index (χ2n) is 4.08. The number of anilines is 2. The van der Waals surface area contributed by atoms with Crippen molar-refractivity contribution in [3.8, 4) is 6.07 Å². The highest BCUT2D eigenvalue weighted by atomic mass is 79.9. The minimum Gasteiger partial charge on any atom is -0.388 e. The van der Waals surface area contributed by atoms with E-state index in [1.54, 1.807) is 30.3 Å². The first-order valence-corrected chi connectivity index (χ1v) is 6.72. The Bertz CT molecular complexity index is 675. The molecule has 0 atom stereocenters. The van der Waals surface area contributed by atoms with Gasteiger partial charge in [0.15, 0.2) is 0 Å². The number of hydrogen-bond donors (Lipinski definition) is 2. The molecule has 0 heterocycles. The summed E-state index contributed by atoms with van der Waals surface area (Å²) in [5, 5.41) is 14.8. The maximum atomic E-state index is 12.1. The third-order valence-electron chi connectivity index (χ3n) is 2.79. The first kappa shape index (κ1) is 14.1. The molecule has 1 amide bonds. The summed E-state index contributed by atoms with van der Waals surface area (Å²) < 4.78 is 0.803. The van der Waals surface area contributed by atoms with Crippen molar-refractivity contribution in [2.45, 2.75) is 0 Å². The van der Waals surface area contributed by atoms with E-state index < -0.39 is 0 Å². The van der Waals surface area contributed by atoms with Gasteiger partial charge in [-0.25, -0.2) is 0 Å². The molecule has 4 nitrogen and oxygen atoms in total. The smallest absolute Gasteiger partial charge is 0.255 e. The van der Waals surface area contributed by atoms with E-state index in [1.165, 1.54) is 0 Å². The Hall–Kier alpha value is -2.32. The van der Waals surface area contributed by atoms with E-state index in [0.717, 1.165) is 10.2 Å². The average Bonchev–Trinajstić information content (AvgIpc) is 2.47. The van der Waals surface area contributed by atoms with Gasteiger partial charge in [0.1, 0.15) is 6.07 Å². The van der Waals surface area contributed by atoms with Gasteiger partial charge in [0.25, 0.3) is 5.91 Å². The van der Waals surface area contributed by atoms with Crippen molar-refractivity contribution in [2.24, 2.45) is 0 Å². The lowest BCUT2D eigenvalue weighted by Gasteiger charge is -2.08. The number of nitrogens with one attached hydrogen (secondary N) is 2. The zero-order valence-corrected chi connectivity index (χ0v) is 12.4. The molecule has 0 aromatic heterocycles. The van der Waals surface area contributed by atoms with Gasteiger partial charge < -0.3 is 10.6 Å². The predicted molar refractivity (Wildman–Crippen MR) is 82.8 cm³/mol. The van der Waals surface area contributed by atoms with Crippen LogP contribution in [0.1, 0.15) is 15.9 Å². The topological polar surface area (TPSA) is 64.9 Å². The van der Waals surface area contributed by atoms with Crippen LogP contribution in [0.25, 0.3) is 0 Å². The van der Waals surface area contributed by atoms with Crippen molar-refractivity contribution in [3.63, 3.8) is 0 Å². The van der Waals surface area contributed by atoms with Crippen molar-refractivity contribution in [2.75, 3.05) is 17.7 Å². The van der Waals surface area contributed by atoms with Crippen LogP contribution in [0.4, 0.5) is 11.4 Å². The second kappa shape index (κ2) is 6.22. The summed E-state index contributed by atoms with van der Waals surface area (Å²) in [5.41, 5.74) is 2.38. The first-order valence-electron chi connectivity index (χ1n) is 5.93. The molecule has 0 bridgehead atoms. The number of nitrogens with zero attached hydrogens (tertiary/aromatic N) is 1. The molecule has 20 heavy (non-hydrogen) atoms. The Morgan fingerprint density at radius 1 is 1.20 bits per heavy atom. The van der Waals surface area contributed by atoms with Crippen LogP contribution in [0.2, 0.25) is 0 Å². The number of nitriles is 1. The number of carbonyl (C=O) groups is 1. The molecular formula is C15H12BrN3O. The van der Waals surface area contributed by atoms with E-state index in [4.69, 9.17) is 5.26 Å². The zero-order chi connectivity index (χ0) is 14.5. The van der Waals surface area contributed by atoms with Crippen molar-refractivity contribution < 1.29 is 4.79 Å². The molecule has 0 aliphatic heterocycles. The van der Waals surface area contributed by atoms with Crippen molar-refractivity contribution in [1.82, 2.24) is 0 Å². The van der Waals surface area contributed by atoms with Gasteiger partial charge in [-0.3, -0.25) is 4.79 Å². The minimum absolute atomic E-state index is 0.248. The lowest BCUT2D eigenvalue weighted by atomic mass is 10.1. The van der Waals surface area contributed by atoms with E-state index in [9.17, 15) is 4.79 Å². The van der Waals surface area contributed by atoms with Crippen LogP contribution in [0.3, 0.4) is 0 Å². The Kier molecular flexibility index (Phi) is 4.38. The number of halogens is 1. The van der Waals surface area contributed by atoms with Crippen LogP contribution in [-0.4, -0.2) is 13.0 Å². The Labute approximate surface area is 125 Å². The Morgan fingerprint density at radius 3 is 2.50 bits per heavy atom. The molecule has 0 radical (unpaired) electrons. The second-order valence-corrected chi connectivity index (χ2v) is 5.00. The fraction of sp³-hybridized carbons (Fsp3) is 0.0667. The molecule has 5 heteroatoms. The summed E-state index contributed by atoms with van der Waals surface area (Å²) >= 11 is 3.32. The number of hydrogen-bond acceptors (Lipinski definition) is 3. The van der Waals surface area contributed by atoms with Gasteiger partial charge in [-0.2, -0.15) is 5.26 Å². The van der Waals surface area contributed by atoms with Crippen LogP contribution >= 0.6 is 15.9 Å². The van der Waals surface area contributed by atoms with Gasteiger partial charge in [-0.1, -0.05) is 15.9 Å².